The molecule has 3 aromatic rings. The Kier molecular flexibility index (Phi) is 4.98. The number of phenols is 1. The maximum Gasteiger partial charge on any atom is 0.343 e. The van der Waals surface area contributed by atoms with E-state index in [4.69, 9.17) is 9.15 Å². The Hall–Kier alpha value is -2.79. The highest BCUT2D eigenvalue weighted by atomic mass is 16.5. The first-order chi connectivity index (χ1) is 12.7. The fourth-order valence-corrected chi connectivity index (χ4v) is 2.97. The molecule has 0 saturated heterocycles. The molecule has 0 aliphatic carbocycles. The summed E-state index contributed by atoms with van der Waals surface area (Å²) >= 11 is 0. The molecule has 0 bridgehead atoms. The van der Waals surface area contributed by atoms with Crippen LogP contribution in [-0.4, -0.2) is 16.8 Å². The van der Waals surface area contributed by atoms with Gasteiger partial charge in [0, 0.05) is 10.9 Å². The molecule has 5 heteroatoms. The molecule has 0 atom stereocenters. The van der Waals surface area contributed by atoms with Crippen molar-refractivity contribution >= 4 is 10.8 Å². The van der Waals surface area contributed by atoms with Gasteiger partial charge in [0.25, 0.3) is 0 Å². The quantitative estimate of drug-likeness (QED) is 0.696. The van der Waals surface area contributed by atoms with E-state index in [1.54, 1.807) is 50.2 Å². The van der Waals surface area contributed by atoms with Crippen LogP contribution in [0.5, 0.6) is 11.5 Å². The molecule has 0 saturated carbocycles. The molecule has 0 amide bonds. The van der Waals surface area contributed by atoms with E-state index in [0.29, 0.717) is 40.2 Å². The summed E-state index contributed by atoms with van der Waals surface area (Å²) in [5.41, 5.74) is -0.682. The minimum Gasteiger partial charge on any atom is -0.504 e. The highest BCUT2D eigenvalue weighted by molar-refractivity contribution is 5.97. The molecular formula is C22H24O5. The highest BCUT2D eigenvalue weighted by Gasteiger charge is 2.27. The van der Waals surface area contributed by atoms with Gasteiger partial charge in [-0.25, -0.2) is 4.79 Å². The normalized spacial score (nSPS) is 11.9. The van der Waals surface area contributed by atoms with Crippen LogP contribution in [0.1, 0.15) is 33.5 Å². The van der Waals surface area contributed by atoms with Crippen LogP contribution in [0, 0.1) is 5.92 Å². The number of ether oxygens (including phenoxy) is 1. The van der Waals surface area contributed by atoms with Gasteiger partial charge < -0.3 is 19.4 Å². The first-order valence-electron chi connectivity index (χ1n) is 8.93. The first-order valence-corrected chi connectivity index (χ1v) is 8.93. The molecule has 0 spiro atoms. The fourth-order valence-electron chi connectivity index (χ4n) is 2.97. The first kappa shape index (κ1) is 19.0. The molecule has 1 heterocycles. The topological polar surface area (TPSA) is 79.9 Å². The lowest BCUT2D eigenvalue weighted by Crippen LogP contribution is -2.20. The Morgan fingerprint density at radius 1 is 1.11 bits per heavy atom. The van der Waals surface area contributed by atoms with Crippen molar-refractivity contribution in [3.63, 3.8) is 0 Å². The minimum absolute atomic E-state index is 0.00914. The van der Waals surface area contributed by atoms with Crippen molar-refractivity contribution in [1.82, 2.24) is 0 Å². The van der Waals surface area contributed by atoms with Crippen molar-refractivity contribution in [3.05, 3.63) is 58.6 Å². The Bertz CT molecular complexity index is 1030. The summed E-state index contributed by atoms with van der Waals surface area (Å²) in [7, 11) is 0. The van der Waals surface area contributed by atoms with Crippen LogP contribution in [0.4, 0.5) is 0 Å². The van der Waals surface area contributed by atoms with Crippen LogP contribution >= 0.6 is 0 Å². The Morgan fingerprint density at radius 2 is 1.78 bits per heavy atom. The number of phenolic OH excluding ortho intramolecular Hbond substituents is 1. The van der Waals surface area contributed by atoms with Gasteiger partial charge >= 0.3 is 5.63 Å². The largest absolute Gasteiger partial charge is 0.504 e. The third-order valence-corrected chi connectivity index (χ3v) is 4.21. The van der Waals surface area contributed by atoms with Crippen molar-refractivity contribution < 1.29 is 19.4 Å². The van der Waals surface area contributed by atoms with E-state index in [2.05, 4.69) is 0 Å². The SMILES string of the molecule is CC(C)COc1ccc(-c2c(C(C)(C)O)oc(=O)c3ccccc23)cc1O. The molecule has 1 aromatic heterocycles. The second kappa shape index (κ2) is 7.08. The summed E-state index contributed by atoms with van der Waals surface area (Å²) in [6.45, 7) is 7.66. The second-order valence-electron chi connectivity index (χ2n) is 7.59. The summed E-state index contributed by atoms with van der Waals surface area (Å²) in [6, 6.07) is 12.1. The zero-order valence-corrected chi connectivity index (χ0v) is 15.9. The highest BCUT2D eigenvalue weighted by Crippen LogP contribution is 2.39. The zero-order chi connectivity index (χ0) is 19.8. The number of aliphatic hydroxyl groups is 1. The number of hydrogen-bond acceptors (Lipinski definition) is 5. The van der Waals surface area contributed by atoms with Gasteiger partial charge in [-0.15, -0.1) is 0 Å². The smallest absolute Gasteiger partial charge is 0.343 e. The molecule has 27 heavy (non-hydrogen) atoms. The van der Waals surface area contributed by atoms with Gasteiger partial charge in [0.2, 0.25) is 0 Å². The Balaban J connectivity index is 2.23. The van der Waals surface area contributed by atoms with Crippen molar-refractivity contribution in [2.75, 3.05) is 6.61 Å². The number of rotatable bonds is 5. The summed E-state index contributed by atoms with van der Waals surface area (Å²) in [4.78, 5) is 12.4. The molecule has 2 aromatic carbocycles. The average molecular weight is 368 g/mol. The van der Waals surface area contributed by atoms with Crippen LogP contribution in [0.2, 0.25) is 0 Å². The van der Waals surface area contributed by atoms with Gasteiger partial charge in [-0.2, -0.15) is 0 Å². The molecule has 0 fully saturated rings. The third kappa shape index (κ3) is 3.83. The Labute approximate surface area is 157 Å². The summed E-state index contributed by atoms with van der Waals surface area (Å²) in [5.74, 6) is 0.865. The van der Waals surface area contributed by atoms with E-state index in [1.807, 2.05) is 19.9 Å². The van der Waals surface area contributed by atoms with Gasteiger partial charge in [0.1, 0.15) is 11.4 Å². The molecule has 0 aliphatic heterocycles. The van der Waals surface area contributed by atoms with Crippen LogP contribution in [0.25, 0.3) is 21.9 Å². The van der Waals surface area contributed by atoms with E-state index in [-0.39, 0.29) is 11.5 Å². The van der Waals surface area contributed by atoms with Crippen LogP contribution < -0.4 is 10.4 Å². The van der Waals surface area contributed by atoms with Crippen LogP contribution in [-0.2, 0) is 5.60 Å². The molecule has 0 unspecified atom stereocenters. The molecule has 0 radical (unpaired) electrons. The number of benzene rings is 2. The predicted molar refractivity (Wildman–Crippen MR) is 105 cm³/mol. The molecule has 3 rings (SSSR count). The van der Waals surface area contributed by atoms with Gasteiger partial charge in [0.05, 0.1) is 12.0 Å². The minimum atomic E-state index is -1.37. The maximum atomic E-state index is 12.4. The molecule has 2 N–H and O–H groups in total. The average Bonchev–Trinajstić information content (AvgIpc) is 2.60. The van der Waals surface area contributed by atoms with Crippen LogP contribution in [0.15, 0.2) is 51.7 Å². The van der Waals surface area contributed by atoms with E-state index in [9.17, 15) is 15.0 Å². The third-order valence-electron chi connectivity index (χ3n) is 4.21. The van der Waals surface area contributed by atoms with Gasteiger partial charge in [-0.05, 0) is 43.5 Å². The van der Waals surface area contributed by atoms with Crippen molar-refractivity contribution in [3.8, 4) is 22.6 Å². The fraction of sp³-hybridized carbons (Fsp3) is 0.318. The van der Waals surface area contributed by atoms with E-state index >= 15 is 0 Å². The van der Waals surface area contributed by atoms with Gasteiger partial charge in [-0.1, -0.05) is 38.1 Å². The monoisotopic (exact) mass is 368 g/mol. The van der Waals surface area contributed by atoms with Crippen molar-refractivity contribution in [1.29, 1.82) is 0 Å². The van der Waals surface area contributed by atoms with E-state index in [1.165, 1.54) is 0 Å². The van der Waals surface area contributed by atoms with E-state index < -0.39 is 11.2 Å². The Morgan fingerprint density at radius 3 is 2.37 bits per heavy atom. The number of hydrogen-bond donors (Lipinski definition) is 2. The number of fused-ring (bicyclic) bond motifs is 1. The lowest BCUT2D eigenvalue weighted by atomic mass is 9.92. The molecule has 142 valence electrons. The standard InChI is InChI=1S/C22H24O5/c1-13(2)12-26-18-10-9-14(11-17(18)23)19-15-7-5-6-8-16(15)21(24)27-20(19)22(3,4)25/h5-11,13,23,25H,12H2,1-4H3. The predicted octanol–water partition coefficient (Wildman–Crippen LogP) is 4.43. The molecule has 5 nitrogen and oxygen atoms in total. The second-order valence-corrected chi connectivity index (χ2v) is 7.59. The van der Waals surface area contributed by atoms with Gasteiger partial charge in [-0.3, -0.25) is 0 Å². The zero-order valence-electron chi connectivity index (χ0n) is 15.9. The summed E-state index contributed by atoms with van der Waals surface area (Å²) in [5, 5.41) is 22.0. The lowest BCUT2D eigenvalue weighted by Gasteiger charge is -2.21. The summed E-state index contributed by atoms with van der Waals surface area (Å²) in [6.07, 6.45) is 0. The van der Waals surface area contributed by atoms with Crippen LogP contribution in [0.3, 0.4) is 0 Å². The molecular weight excluding hydrogens is 344 g/mol. The van der Waals surface area contributed by atoms with Gasteiger partial charge in [0.15, 0.2) is 11.5 Å². The van der Waals surface area contributed by atoms with Crippen molar-refractivity contribution in [2.45, 2.75) is 33.3 Å². The summed E-state index contributed by atoms with van der Waals surface area (Å²) < 4.78 is 11.1. The molecule has 0 aliphatic rings. The van der Waals surface area contributed by atoms with Crippen molar-refractivity contribution in [2.24, 2.45) is 5.92 Å². The lowest BCUT2D eigenvalue weighted by molar-refractivity contribution is 0.0521. The maximum absolute atomic E-state index is 12.4. The number of aromatic hydroxyl groups is 1. The van der Waals surface area contributed by atoms with E-state index in [0.717, 1.165) is 0 Å².